The average molecular weight is 258 g/mol. The molecule has 0 aliphatic carbocycles. The van der Waals surface area contributed by atoms with Crippen molar-refractivity contribution < 1.29 is 19.0 Å². The number of unbranched alkanes of at least 4 members (excludes halogenated alkanes) is 1. The van der Waals surface area contributed by atoms with Crippen LogP contribution in [0.2, 0.25) is 0 Å². The Morgan fingerprint density at radius 3 is 2.67 bits per heavy atom. The van der Waals surface area contributed by atoms with Gasteiger partial charge in [0, 0.05) is 0 Å². The highest BCUT2D eigenvalue weighted by Crippen LogP contribution is 2.31. The highest BCUT2D eigenvalue weighted by atomic mass is 16.7. The summed E-state index contributed by atoms with van der Waals surface area (Å²) in [6.07, 6.45) is 4.88. The van der Waals surface area contributed by atoms with Gasteiger partial charge in [-0.15, -0.1) is 0 Å². The van der Waals surface area contributed by atoms with Crippen molar-refractivity contribution in [1.82, 2.24) is 0 Å². The van der Waals surface area contributed by atoms with Gasteiger partial charge in [0.2, 0.25) is 0 Å². The molecule has 0 aromatic carbocycles. The molecule has 106 valence electrons. The summed E-state index contributed by atoms with van der Waals surface area (Å²) in [6.45, 7) is 6.95. The third-order valence-corrected chi connectivity index (χ3v) is 3.42. The fraction of sp³-hybridized carbons (Fsp3) is 0.929. The second-order valence-electron chi connectivity index (χ2n) is 4.80. The van der Waals surface area contributed by atoms with Crippen molar-refractivity contribution in [2.45, 2.75) is 65.1 Å². The van der Waals surface area contributed by atoms with E-state index in [1.54, 1.807) is 0 Å². The second-order valence-corrected chi connectivity index (χ2v) is 4.80. The van der Waals surface area contributed by atoms with E-state index >= 15 is 0 Å². The average Bonchev–Trinajstić information content (AvgIpc) is 2.81. The standard InChI is InChI=1S/C14H26O4/c1-4-7-8-16-10-17-14(15)12-9-11(5-2)18-13(12)6-3/h11-13H,4-10H2,1-3H3. The van der Waals surface area contributed by atoms with Gasteiger partial charge in [-0.25, -0.2) is 0 Å². The lowest BCUT2D eigenvalue weighted by Crippen LogP contribution is -2.26. The zero-order chi connectivity index (χ0) is 13.4. The van der Waals surface area contributed by atoms with Crippen molar-refractivity contribution in [2.24, 2.45) is 5.92 Å². The van der Waals surface area contributed by atoms with Crippen molar-refractivity contribution in [3.05, 3.63) is 0 Å². The largest absolute Gasteiger partial charge is 0.438 e. The molecule has 18 heavy (non-hydrogen) atoms. The summed E-state index contributed by atoms with van der Waals surface area (Å²) >= 11 is 0. The monoisotopic (exact) mass is 258 g/mol. The zero-order valence-corrected chi connectivity index (χ0v) is 11.8. The Hall–Kier alpha value is -0.610. The van der Waals surface area contributed by atoms with Gasteiger partial charge < -0.3 is 14.2 Å². The fourth-order valence-corrected chi connectivity index (χ4v) is 2.24. The van der Waals surface area contributed by atoms with Crippen LogP contribution in [0.4, 0.5) is 0 Å². The quantitative estimate of drug-likeness (QED) is 0.381. The molecule has 1 heterocycles. The first kappa shape index (κ1) is 15.4. The smallest absolute Gasteiger partial charge is 0.313 e. The van der Waals surface area contributed by atoms with E-state index in [1.807, 2.05) is 6.92 Å². The van der Waals surface area contributed by atoms with Crippen LogP contribution < -0.4 is 0 Å². The highest BCUT2D eigenvalue weighted by molar-refractivity contribution is 5.73. The maximum Gasteiger partial charge on any atom is 0.313 e. The Balaban J connectivity index is 2.27. The molecule has 1 rings (SSSR count). The molecule has 0 N–H and O–H groups in total. The Morgan fingerprint density at radius 2 is 2.06 bits per heavy atom. The van der Waals surface area contributed by atoms with Crippen molar-refractivity contribution in [3.63, 3.8) is 0 Å². The molecular formula is C14H26O4. The van der Waals surface area contributed by atoms with Gasteiger partial charge in [0.25, 0.3) is 0 Å². The summed E-state index contributed by atoms with van der Waals surface area (Å²) < 4.78 is 16.2. The van der Waals surface area contributed by atoms with Crippen LogP contribution in [-0.4, -0.2) is 31.6 Å². The predicted octanol–water partition coefficient (Wildman–Crippen LogP) is 2.90. The molecule has 3 unspecified atom stereocenters. The molecule has 1 aliphatic rings. The van der Waals surface area contributed by atoms with Crippen molar-refractivity contribution in [2.75, 3.05) is 13.4 Å². The van der Waals surface area contributed by atoms with E-state index in [1.165, 1.54) is 0 Å². The first-order valence-electron chi connectivity index (χ1n) is 7.12. The maximum atomic E-state index is 11.9. The molecule has 3 atom stereocenters. The van der Waals surface area contributed by atoms with Crippen molar-refractivity contribution in [3.8, 4) is 0 Å². The number of carbonyl (C=O) groups is 1. The molecule has 1 fully saturated rings. The second kappa shape index (κ2) is 8.48. The van der Waals surface area contributed by atoms with Crippen LogP contribution in [0.5, 0.6) is 0 Å². The van der Waals surface area contributed by atoms with Crippen LogP contribution in [0.1, 0.15) is 52.9 Å². The Bertz CT molecular complexity index is 242. The van der Waals surface area contributed by atoms with Gasteiger partial charge in [0.1, 0.15) is 0 Å². The van der Waals surface area contributed by atoms with E-state index in [0.717, 1.165) is 32.1 Å². The Kier molecular flexibility index (Phi) is 7.28. The van der Waals surface area contributed by atoms with Crippen LogP contribution in [0.3, 0.4) is 0 Å². The SMILES string of the molecule is CCCCOCOC(=O)C1CC(CC)OC1CC. The lowest BCUT2D eigenvalue weighted by atomic mass is 9.97. The Labute approximate surface area is 110 Å². The predicted molar refractivity (Wildman–Crippen MR) is 69.2 cm³/mol. The van der Waals surface area contributed by atoms with Crippen LogP contribution in [0, 0.1) is 5.92 Å². The van der Waals surface area contributed by atoms with Gasteiger partial charge in [-0.3, -0.25) is 4.79 Å². The van der Waals surface area contributed by atoms with E-state index in [9.17, 15) is 4.79 Å². The van der Waals surface area contributed by atoms with Crippen LogP contribution in [-0.2, 0) is 19.0 Å². The number of esters is 1. The minimum Gasteiger partial charge on any atom is -0.438 e. The molecule has 0 aromatic rings. The summed E-state index contributed by atoms with van der Waals surface area (Å²) in [5, 5.41) is 0. The molecule has 4 nitrogen and oxygen atoms in total. The van der Waals surface area contributed by atoms with Crippen LogP contribution >= 0.6 is 0 Å². The zero-order valence-electron chi connectivity index (χ0n) is 11.8. The number of hydrogen-bond acceptors (Lipinski definition) is 4. The number of carbonyl (C=O) groups excluding carboxylic acids is 1. The molecule has 0 saturated carbocycles. The van der Waals surface area contributed by atoms with Crippen LogP contribution in [0.25, 0.3) is 0 Å². The van der Waals surface area contributed by atoms with Crippen molar-refractivity contribution in [1.29, 1.82) is 0 Å². The van der Waals surface area contributed by atoms with E-state index < -0.39 is 0 Å². The summed E-state index contributed by atoms with van der Waals surface area (Å²) in [5.41, 5.74) is 0. The van der Waals surface area contributed by atoms with E-state index in [2.05, 4.69) is 13.8 Å². The molecule has 1 saturated heterocycles. The van der Waals surface area contributed by atoms with Crippen LogP contribution in [0.15, 0.2) is 0 Å². The molecule has 1 aliphatic heterocycles. The summed E-state index contributed by atoms with van der Waals surface area (Å²) in [4.78, 5) is 11.9. The normalized spacial score (nSPS) is 27.4. The highest BCUT2D eigenvalue weighted by Gasteiger charge is 2.38. The maximum absolute atomic E-state index is 11.9. The van der Waals surface area contributed by atoms with E-state index in [4.69, 9.17) is 14.2 Å². The summed E-state index contributed by atoms with van der Waals surface area (Å²) in [7, 11) is 0. The third kappa shape index (κ3) is 4.58. The first-order chi connectivity index (χ1) is 8.72. The number of ether oxygens (including phenoxy) is 3. The Morgan fingerprint density at radius 1 is 1.28 bits per heavy atom. The molecule has 4 heteroatoms. The van der Waals surface area contributed by atoms with Gasteiger partial charge in [-0.05, 0) is 25.7 Å². The summed E-state index contributed by atoms with van der Waals surface area (Å²) in [6, 6.07) is 0. The molecule has 0 radical (unpaired) electrons. The van der Waals surface area contributed by atoms with Gasteiger partial charge in [0.15, 0.2) is 6.79 Å². The van der Waals surface area contributed by atoms with Gasteiger partial charge in [-0.1, -0.05) is 27.2 Å². The molecular weight excluding hydrogens is 232 g/mol. The first-order valence-corrected chi connectivity index (χ1v) is 7.12. The van der Waals surface area contributed by atoms with E-state index in [-0.39, 0.29) is 30.9 Å². The molecule has 0 spiro atoms. The lowest BCUT2D eigenvalue weighted by Gasteiger charge is -2.15. The summed E-state index contributed by atoms with van der Waals surface area (Å²) in [5.74, 6) is -0.288. The topological polar surface area (TPSA) is 44.8 Å². The van der Waals surface area contributed by atoms with Gasteiger partial charge in [0.05, 0.1) is 24.7 Å². The lowest BCUT2D eigenvalue weighted by molar-refractivity contribution is -0.163. The minimum atomic E-state index is -0.172. The number of rotatable bonds is 8. The van der Waals surface area contributed by atoms with Crippen molar-refractivity contribution >= 4 is 5.97 Å². The van der Waals surface area contributed by atoms with E-state index in [0.29, 0.717) is 6.61 Å². The minimum absolute atomic E-state index is 0.0121. The third-order valence-electron chi connectivity index (χ3n) is 3.42. The molecule has 0 amide bonds. The molecule has 0 bridgehead atoms. The van der Waals surface area contributed by atoms with Gasteiger partial charge in [-0.2, -0.15) is 0 Å². The number of hydrogen-bond donors (Lipinski definition) is 0. The molecule has 0 aromatic heterocycles. The van der Waals surface area contributed by atoms with Gasteiger partial charge >= 0.3 is 5.97 Å². The fourth-order valence-electron chi connectivity index (χ4n) is 2.24.